The predicted molar refractivity (Wildman–Crippen MR) is 83.7 cm³/mol. The van der Waals surface area contributed by atoms with Gasteiger partial charge in [0.05, 0.1) is 6.04 Å². The molecule has 2 aromatic rings. The molecule has 0 amide bonds. The number of benzene rings is 2. The molecule has 104 valence electrons. The molecule has 20 heavy (non-hydrogen) atoms. The molecule has 0 saturated heterocycles. The van der Waals surface area contributed by atoms with Crippen LogP contribution in [-0.2, 0) is 0 Å². The Labute approximate surface area is 124 Å². The minimum absolute atomic E-state index is 0.109. The Kier molecular flexibility index (Phi) is 3.14. The van der Waals surface area contributed by atoms with Gasteiger partial charge in [0.2, 0.25) is 0 Å². The summed E-state index contributed by atoms with van der Waals surface area (Å²) in [7, 11) is 0. The first kappa shape index (κ1) is 13.3. The molecule has 1 heterocycles. The van der Waals surface area contributed by atoms with Crippen LogP contribution in [0, 0.1) is 6.92 Å². The Morgan fingerprint density at radius 1 is 1.15 bits per heavy atom. The third kappa shape index (κ3) is 2.25. The first-order valence-corrected chi connectivity index (χ1v) is 7.16. The highest BCUT2D eigenvalue weighted by Gasteiger charge is 2.40. The number of halogens is 1. The Balaban J connectivity index is 1.94. The lowest BCUT2D eigenvalue weighted by atomic mass is 9.94. The highest BCUT2D eigenvalue weighted by Crippen LogP contribution is 2.44. The Hall–Kier alpha value is -1.67. The number of nitrogens with one attached hydrogen (secondary N) is 1. The highest BCUT2D eigenvalue weighted by atomic mass is 35.5. The molecule has 3 rings (SSSR count). The maximum Gasteiger partial charge on any atom is 0.128 e. The Morgan fingerprint density at radius 3 is 2.65 bits per heavy atom. The summed E-state index contributed by atoms with van der Waals surface area (Å²) in [6.45, 7) is 6.20. The van der Waals surface area contributed by atoms with E-state index in [1.807, 2.05) is 37.3 Å². The van der Waals surface area contributed by atoms with Crippen molar-refractivity contribution in [2.75, 3.05) is 5.32 Å². The van der Waals surface area contributed by atoms with Crippen molar-refractivity contribution in [3.8, 4) is 5.75 Å². The van der Waals surface area contributed by atoms with Gasteiger partial charge in [-0.2, -0.15) is 0 Å². The summed E-state index contributed by atoms with van der Waals surface area (Å²) in [5.41, 5.74) is 2.99. The molecule has 0 radical (unpaired) electrons. The maximum atomic E-state index is 6.20. The normalized spacial score (nSPS) is 19.3. The number of rotatable bonds is 2. The number of hydrogen-bond acceptors (Lipinski definition) is 2. The van der Waals surface area contributed by atoms with Crippen molar-refractivity contribution < 1.29 is 4.74 Å². The quantitative estimate of drug-likeness (QED) is 0.842. The van der Waals surface area contributed by atoms with Gasteiger partial charge in [0, 0.05) is 16.3 Å². The van der Waals surface area contributed by atoms with Crippen molar-refractivity contribution in [2.45, 2.75) is 32.4 Å². The SMILES string of the molecule is Cc1ccc(NC2c3ccccc3OC2(C)C)cc1Cl. The van der Waals surface area contributed by atoms with Gasteiger partial charge in [0.25, 0.3) is 0 Å². The summed E-state index contributed by atoms with van der Waals surface area (Å²) >= 11 is 6.20. The zero-order valence-corrected chi connectivity index (χ0v) is 12.7. The van der Waals surface area contributed by atoms with E-state index >= 15 is 0 Å². The summed E-state index contributed by atoms with van der Waals surface area (Å²) in [4.78, 5) is 0. The average Bonchev–Trinajstić information content (AvgIpc) is 2.65. The van der Waals surface area contributed by atoms with Gasteiger partial charge in [-0.05, 0) is 44.5 Å². The van der Waals surface area contributed by atoms with Crippen LogP contribution < -0.4 is 10.1 Å². The summed E-state index contributed by atoms with van der Waals surface area (Å²) in [6, 6.07) is 14.3. The van der Waals surface area contributed by atoms with E-state index in [1.165, 1.54) is 5.56 Å². The van der Waals surface area contributed by atoms with Gasteiger partial charge >= 0.3 is 0 Å². The van der Waals surface area contributed by atoms with E-state index in [9.17, 15) is 0 Å². The van der Waals surface area contributed by atoms with Crippen molar-refractivity contribution >= 4 is 17.3 Å². The van der Waals surface area contributed by atoms with Crippen LogP contribution in [0.3, 0.4) is 0 Å². The van der Waals surface area contributed by atoms with Gasteiger partial charge in [-0.15, -0.1) is 0 Å². The fourth-order valence-corrected chi connectivity index (χ4v) is 2.81. The lowest BCUT2D eigenvalue weighted by Crippen LogP contribution is -2.34. The molecule has 0 aromatic heterocycles. The zero-order chi connectivity index (χ0) is 14.3. The number of aryl methyl sites for hydroxylation is 1. The number of ether oxygens (including phenoxy) is 1. The third-order valence-corrected chi connectivity index (χ3v) is 4.19. The molecule has 2 nitrogen and oxygen atoms in total. The van der Waals surface area contributed by atoms with E-state index in [0.29, 0.717) is 0 Å². The molecule has 1 N–H and O–H groups in total. The first-order chi connectivity index (χ1) is 9.47. The Bertz CT molecular complexity index is 651. The topological polar surface area (TPSA) is 21.3 Å². The molecule has 0 bridgehead atoms. The van der Waals surface area contributed by atoms with Crippen LogP contribution in [0.2, 0.25) is 5.02 Å². The molecule has 0 saturated carbocycles. The van der Waals surface area contributed by atoms with Crippen LogP contribution in [-0.4, -0.2) is 5.60 Å². The van der Waals surface area contributed by atoms with Gasteiger partial charge in [0.1, 0.15) is 11.4 Å². The number of fused-ring (bicyclic) bond motifs is 1. The lowest BCUT2D eigenvalue weighted by molar-refractivity contribution is 0.118. The van der Waals surface area contributed by atoms with Gasteiger partial charge < -0.3 is 10.1 Å². The van der Waals surface area contributed by atoms with Gasteiger partial charge in [-0.25, -0.2) is 0 Å². The summed E-state index contributed by atoms with van der Waals surface area (Å²) in [5, 5.41) is 4.32. The second kappa shape index (κ2) is 4.71. The standard InChI is InChI=1S/C17H18ClNO/c1-11-8-9-12(10-14(11)18)19-16-13-6-4-5-7-15(13)20-17(16,2)3/h4-10,16,19H,1-3H3. The first-order valence-electron chi connectivity index (χ1n) is 6.78. The van der Waals surface area contributed by atoms with Crippen LogP contribution in [0.15, 0.2) is 42.5 Å². The molecule has 2 aromatic carbocycles. The molecule has 0 fully saturated rings. The van der Waals surface area contributed by atoms with Gasteiger partial charge in [-0.3, -0.25) is 0 Å². The second-order valence-corrected chi connectivity index (χ2v) is 6.19. The third-order valence-electron chi connectivity index (χ3n) is 3.78. The highest BCUT2D eigenvalue weighted by molar-refractivity contribution is 6.31. The van der Waals surface area contributed by atoms with E-state index in [-0.39, 0.29) is 11.6 Å². The van der Waals surface area contributed by atoms with Crippen LogP contribution in [0.25, 0.3) is 0 Å². The van der Waals surface area contributed by atoms with E-state index in [4.69, 9.17) is 16.3 Å². The van der Waals surface area contributed by atoms with Crippen molar-refractivity contribution in [1.82, 2.24) is 0 Å². The number of hydrogen-bond donors (Lipinski definition) is 1. The fraction of sp³-hybridized carbons (Fsp3) is 0.294. The molecule has 1 atom stereocenters. The average molecular weight is 288 g/mol. The molecule has 1 aliphatic rings. The summed E-state index contributed by atoms with van der Waals surface area (Å²) < 4.78 is 6.04. The van der Waals surface area contributed by atoms with Gasteiger partial charge in [0.15, 0.2) is 0 Å². The molecule has 3 heteroatoms. The maximum absolute atomic E-state index is 6.20. The van der Waals surface area contributed by atoms with E-state index in [2.05, 4.69) is 31.3 Å². The molecular weight excluding hydrogens is 270 g/mol. The molecule has 0 aliphatic carbocycles. The molecule has 1 aliphatic heterocycles. The van der Waals surface area contributed by atoms with Crippen LogP contribution in [0.5, 0.6) is 5.75 Å². The largest absolute Gasteiger partial charge is 0.485 e. The van der Waals surface area contributed by atoms with Crippen LogP contribution in [0.1, 0.15) is 31.0 Å². The summed E-state index contributed by atoms with van der Waals surface area (Å²) in [5.74, 6) is 0.952. The van der Waals surface area contributed by atoms with Crippen LogP contribution >= 0.6 is 11.6 Å². The molecular formula is C17H18ClNO. The predicted octanol–water partition coefficient (Wildman–Crippen LogP) is 4.97. The molecule has 1 unspecified atom stereocenters. The van der Waals surface area contributed by atoms with E-state index < -0.39 is 0 Å². The number of anilines is 1. The second-order valence-electron chi connectivity index (χ2n) is 5.78. The van der Waals surface area contributed by atoms with Crippen molar-refractivity contribution in [2.24, 2.45) is 0 Å². The minimum atomic E-state index is -0.291. The summed E-state index contributed by atoms with van der Waals surface area (Å²) in [6.07, 6.45) is 0. The minimum Gasteiger partial charge on any atom is -0.485 e. The van der Waals surface area contributed by atoms with E-state index in [1.54, 1.807) is 0 Å². The number of para-hydroxylation sites is 1. The van der Waals surface area contributed by atoms with Gasteiger partial charge in [-0.1, -0.05) is 35.9 Å². The van der Waals surface area contributed by atoms with Crippen molar-refractivity contribution in [3.63, 3.8) is 0 Å². The van der Waals surface area contributed by atoms with Crippen molar-refractivity contribution in [3.05, 3.63) is 58.6 Å². The zero-order valence-electron chi connectivity index (χ0n) is 11.9. The fourth-order valence-electron chi connectivity index (χ4n) is 2.63. The smallest absolute Gasteiger partial charge is 0.128 e. The van der Waals surface area contributed by atoms with E-state index in [0.717, 1.165) is 22.0 Å². The molecule has 0 spiro atoms. The van der Waals surface area contributed by atoms with Crippen molar-refractivity contribution in [1.29, 1.82) is 0 Å². The lowest BCUT2D eigenvalue weighted by Gasteiger charge is -2.28. The Morgan fingerprint density at radius 2 is 1.90 bits per heavy atom. The monoisotopic (exact) mass is 287 g/mol. The van der Waals surface area contributed by atoms with Crippen LogP contribution in [0.4, 0.5) is 5.69 Å².